The molecule has 0 saturated heterocycles. The summed E-state index contributed by atoms with van der Waals surface area (Å²) in [5.74, 6) is -0.353. The van der Waals surface area contributed by atoms with Crippen molar-refractivity contribution >= 4 is 21.6 Å². The Labute approximate surface area is 53.2 Å². The van der Waals surface area contributed by atoms with Crippen LogP contribution < -0.4 is 5.14 Å². The molecule has 0 heterocycles. The van der Waals surface area contributed by atoms with Gasteiger partial charge in [0.25, 0.3) is 0 Å². The van der Waals surface area contributed by atoms with Crippen molar-refractivity contribution in [2.24, 2.45) is 5.14 Å². The minimum Gasteiger partial charge on any atom is -0.228 e. The van der Waals surface area contributed by atoms with E-state index >= 15 is 0 Å². The van der Waals surface area contributed by atoms with E-state index in [1.54, 1.807) is 0 Å². The van der Waals surface area contributed by atoms with Crippen molar-refractivity contribution in [2.75, 3.05) is 5.75 Å². The molecule has 0 spiro atoms. The molecule has 0 rings (SSSR count). The second kappa shape index (κ2) is 2.48. The van der Waals surface area contributed by atoms with Crippen LogP contribution >= 0.6 is 11.6 Å². The number of sulfonamides is 1. The van der Waals surface area contributed by atoms with Crippen molar-refractivity contribution in [3.8, 4) is 0 Å². The zero-order valence-electron chi connectivity index (χ0n) is 4.09. The summed E-state index contributed by atoms with van der Waals surface area (Å²) in [4.78, 5) is 0. The summed E-state index contributed by atoms with van der Waals surface area (Å²) in [5, 5.41) is 4.60. The van der Waals surface area contributed by atoms with Gasteiger partial charge in [0.2, 0.25) is 10.0 Å². The van der Waals surface area contributed by atoms with E-state index < -0.39 is 10.0 Å². The van der Waals surface area contributed by atoms with Gasteiger partial charge in [-0.25, -0.2) is 13.6 Å². The third-order valence-corrected chi connectivity index (χ3v) is 1.40. The van der Waals surface area contributed by atoms with Crippen molar-refractivity contribution in [2.45, 2.75) is 0 Å². The molecule has 0 aliphatic heterocycles. The lowest BCUT2D eigenvalue weighted by atomic mass is 10.8. The number of hydrogen-bond acceptors (Lipinski definition) is 2. The highest BCUT2D eigenvalue weighted by atomic mass is 35.5. The highest BCUT2D eigenvalue weighted by Gasteiger charge is 2.01. The maximum atomic E-state index is 10.1. The molecule has 0 aliphatic rings. The first-order valence-corrected chi connectivity index (χ1v) is 3.85. The van der Waals surface area contributed by atoms with Crippen LogP contribution in [0.5, 0.6) is 0 Å². The zero-order valence-corrected chi connectivity index (χ0v) is 5.67. The summed E-state index contributed by atoms with van der Waals surface area (Å²) in [5.41, 5.74) is 0. The van der Waals surface area contributed by atoms with Crippen LogP contribution in [0.15, 0.2) is 11.6 Å². The summed E-state index contributed by atoms with van der Waals surface area (Å²) in [6.45, 7) is 3.15. The molecule has 0 unspecified atom stereocenters. The average molecular weight is 156 g/mol. The van der Waals surface area contributed by atoms with E-state index in [1.165, 1.54) is 0 Å². The summed E-state index contributed by atoms with van der Waals surface area (Å²) in [6.07, 6.45) is 0. The van der Waals surface area contributed by atoms with E-state index in [4.69, 9.17) is 11.6 Å². The number of hydrogen-bond donors (Lipinski definition) is 1. The fourth-order valence-corrected chi connectivity index (χ4v) is 1.11. The molecular weight excluding hydrogens is 150 g/mol. The smallest absolute Gasteiger partial charge is 0.214 e. The number of primary sulfonamides is 1. The highest BCUT2D eigenvalue weighted by Crippen LogP contribution is 1.97. The van der Waals surface area contributed by atoms with Crippen LogP contribution in [0, 0.1) is 0 Å². The van der Waals surface area contributed by atoms with Crippen LogP contribution in [0.4, 0.5) is 0 Å². The fraction of sp³-hybridized carbons (Fsp3) is 0.333. The molecular formula is C3H6ClNO2S. The molecule has 2 N–H and O–H groups in total. The highest BCUT2D eigenvalue weighted by molar-refractivity contribution is 7.89. The van der Waals surface area contributed by atoms with Gasteiger partial charge in [-0.15, -0.1) is 0 Å². The summed E-state index contributed by atoms with van der Waals surface area (Å²) in [6, 6.07) is 0. The van der Waals surface area contributed by atoms with Crippen molar-refractivity contribution in [1.29, 1.82) is 0 Å². The molecule has 0 aromatic heterocycles. The SMILES string of the molecule is C=C(Cl)CS(N)(=O)=O. The van der Waals surface area contributed by atoms with Crippen molar-refractivity contribution < 1.29 is 8.42 Å². The van der Waals surface area contributed by atoms with Gasteiger partial charge in [0.1, 0.15) is 0 Å². The second-order valence-electron chi connectivity index (χ2n) is 1.32. The maximum Gasteiger partial charge on any atom is 0.214 e. The van der Waals surface area contributed by atoms with Gasteiger partial charge >= 0.3 is 0 Å². The molecule has 0 amide bonds. The lowest BCUT2D eigenvalue weighted by molar-refractivity contribution is 0.600. The Kier molecular flexibility index (Phi) is 2.46. The largest absolute Gasteiger partial charge is 0.228 e. The van der Waals surface area contributed by atoms with Crippen LogP contribution in [0.2, 0.25) is 0 Å². The monoisotopic (exact) mass is 155 g/mol. The van der Waals surface area contributed by atoms with Gasteiger partial charge in [0, 0.05) is 5.03 Å². The number of nitrogens with two attached hydrogens (primary N) is 1. The Hall–Kier alpha value is -0.0600. The molecule has 48 valence electrons. The Balaban J connectivity index is 3.95. The van der Waals surface area contributed by atoms with Gasteiger partial charge in [-0.3, -0.25) is 0 Å². The summed E-state index contributed by atoms with van der Waals surface area (Å²) < 4.78 is 20.1. The third kappa shape index (κ3) is 5.94. The quantitative estimate of drug-likeness (QED) is 0.612. The van der Waals surface area contributed by atoms with E-state index in [1.807, 2.05) is 0 Å². The lowest BCUT2D eigenvalue weighted by Gasteiger charge is -1.90. The fourth-order valence-electron chi connectivity index (χ4n) is 0.218. The summed E-state index contributed by atoms with van der Waals surface area (Å²) >= 11 is 5.11. The molecule has 0 bridgehead atoms. The second-order valence-corrected chi connectivity index (χ2v) is 3.47. The topological polar surface area (TPSA) is 60.2 Å². The molecule has 0 aromatic carbocycles. The minimum atomic E-state index is -3.45. The molecule has 0 aromatic rings. The molecule has 8 heavy (non-hydrogen) atoms. The molecule has 0 saturated carbocycles. The molecule has 0 atom stereocenters. The number of halogens is 1. The van der Waals surface area contributed by atoms with E-state index in [9.17, 15) is 8.42 Å². The molecule has 0 aliphatic carbocycles. The zero-order chi connectivity index (χ0) is 6.78. The number of rotatable bonds is 2. The van der Waals surface area contributed by atoms with Crippen LogP contribution in [0.1, 0.15) is 0 Å². The predicted octanol–water partition coefficient (Wildman–Crippen LogP) is 0.0274. The Morgan fingerprint density at radius 3 is 2.12 bits per heavy atom. The first-order chi connectivity index (χ1) is 3.42. The lowest BCUT2D eigenvalue weighted by Crippen LogP contribution is -2.15. The molecule has 3 nitrogen and oxygen atoms in total. The van der Waals surface area contributed by atoms with Gasteiger partial charge in [-0.2, -0.15) is 0 Å². The molecule has 0 fully saturated rings. The van der Waals surface area contributed by atoms with Gasteiger partial charge in [0.15, 0.2) is 0 Å². The Bertz CT molecular complexity index is 183. The van der Waals surface area contributed by atoms with E-state index in [0.29, 0.717) is 0 Å². The van der Waals surface area contributed by atoms with Crippen LogP contribution in [0.3, 0.4) is 0 Å². The third-order valence-electron chi connectivity index (χ3n) is 0.358. The van der Waals surface area contributed by atoms with Crippen molar-refractivity contribution in [1.82, 2.24) is 0 Å². The van der Waals surface area contributed by atoms with E-state index in [2.05, 4.69) is 11.7 Å². The van der Waals surface area contributed by atoms with Gasteiger partial charge in [0.05, 0.1) is 5.75 Å². The van der Waals surface area contributed by atoms with Gasteiger partial charge < -0.3 is 0 Å². The average Bonchev–Trinajstić information content (AvgIpc) is 1.21. The van der Waals surface area contributed by atoms with E-state index in [-0.39, 0.29) is 10.8 Å². The first-order valence-electron chi connectivity index (χ1n) is 1.75. The standard InChI is InChI=1S/C3H6ClNO2S/c1-3(4)2-8(5,6)7/h1-2H2,(H2,5,6,7). The van der Waals surface area contributed by atoms with Crippen molar-refractivity contribution in [3.63, 3.8) is 0 Å². The first kappa shape index (κ1) is 7.94. The van der Waals surface area contributed by atoms with Gasteiger partial charge in [-0.05, 0) is 0 Å². The van der Waals surface area contributed by atoms with Crippen molar-refractivity contribution in [3.05, 3.63) is 11.6 Å². The minimum absolute atomic E-state index is 0.0347. The van der Waals surface area contributed by atoms with E-state index in [0.717, 1.165) is 0 Å². The Morgan fingerprint density at radius 2 is 2.12 bits per heavy atom. The van der Waals surface area contributed by atoms with Crippen LogP contribution in [0.25, 0.3) is 0 Å². The van der Waals surface area contributed by atoms with Crippen LogP contribution in [-0.4, -0.2) is 14.2 Å². The van der Waals surface area contributed by atoms with Gasteiger partial charge in [-0.1, -0.05) is 18.2 Å². The van der Waals surface area contributed by atoms with Crippen LogP contribution in [-0.2, 0) is 10.0 Å². The predicted molar refractivity (Wildman–Crippen MR) is 33.0 cm³/mol. The molecule has 0 radical (unpaired) electrons. The molecule has 5 heteroatoms. The summed E-state index contributed by atoms with van der Waals surface area (Å²) in [7, 11) is -3.45. The Morgan fingerprint density at radius 1 is 1.75 bits per heavy atom. The maximum absolute atomic E-state index is 10.1. The normalized spacial score (nSPS) is 11.2.